The number of esters is 1. The first-order valence-corrected chi connectivity index (χ1v) is 9.72. The molecule has 2 aromatic rings. The number of hydrazone groups is 1. The number of carbonyl (C=O) groups excluding carboxylic acids is 3. The van der Waals surface area contributed by atoms with Gasteiger partial charge >= 0.3 is 5.97 Å². The second-order valence-electron chi connectivity index (χ2n) is 7.01. The molecule has 2 aromatic carbocycles. The van der Waals surface area contributed by atoms with Gasteiger partial charge in [0.2, 0.25) is 0 Å². The van der Waals surface area contributed by atoms with Crippen LogP contribution in [0.4, 0.5) is 0 Å². The molecule has 0 unspecified atom stereocenters. The van der Waals surface area contributed by atoms with Crippen molar-refractivity contribution in [2.45, 2.75) is 32.2 Å². The Morgan fingerprint density at radius 1 is 1.03 bits per heavy atom. The van der Waals surface area contributed by atoms with Gasteiger partial charge in [-0.05, 0) is 30.2 Å². The predicted octanol–water partition coefficient (Wildman–Crippen LogP) is 3.29. The van der Waals surface area contributed by atoms with Gasteiger partial charge < -0.3 is 14.3 Å². The van der Waals surface area contributed by atoms with Crippen molar-refractivity contribution in [1.29, 1.82) is 0 Å². The summed E-state index contributed by atoms with van der Waals surface area (Å²) < 4.78 is 10.3. The zero-order valence-electron chi connectivity index (χ0n) is 17.0. The van der Waals surface area contributed by atoms with Gasteiger partial charge in [-0.15, -0.1) is 0 Å². The zero-order chi connectivity index (χ0) is 21.5. The third-order valence-corrected chi connectivity index (χ3v) is 4.81. The molecule has 3 rings (SSSR count). The molecule has 1 amide bonds. The van der Waals surface area contributed by atoms with Crippen molar-refractivity contribution in [3.63, 3.8) is 0 Å². The molecule has 0 aromatic heterocycles. The first-order chi connectivity index (χ1) is 14.5. The minimum atomic E-state index is -0.578. The fourth-order valence-corrected chi connectivity index (χ4v) is 3.19. The number of ketones is 1. The summed E-state index contributed by atoms with van der Waals surface area (Å²) in [6.45, 7) is 0.983. The molecule has 1 aliphatic heterocycles. The zero-order valence-corrected chi connectivity index (χ0v) is 17.0. The van der Waals surface area contributed by atoms with Crippen LogP contribution in [0.5, 0.6) is 5.75 Å². The molecule has 0 spiro atoms. The highest BCUT2D eigenvalue weighted by Gasteiger charge is 2.33. The van der Waals surface area contributed by atoms with Gasteiger partial charge in [-0.3, -0.25) is 9.59 Å². The molecule has 7 nitrogen and oxygen atoms in total. The van der Waals surface area contributed by atoms with E-state index in [1.54, 1.807) is 7.11 Å². The van der Waals surface area contributed by atoms with Crippen LogP contribution in [0.3, 0.4) is 0 Å². The average Bonchev–Trinajstić information content (AvgIpc) is 3.22. The highest BCUT2D eigenvalue weighted by atomic mass is 16.5. The second-order valence-corrected chi connectivity index (χ2v) is 7.01. The lowest BCUT2D eigenvalue weighted by Crippen LogP contribution is -2.31. The van der Waals surface area contributed by atoms with E-state index in [1.807, 2.05) is 54.6 Å². The molecule has 0 bridgehead atoms. The number of benzene rings is 2. The van der Waals surface area contributed by atoms with Crippen LogP contribution in [-0.4, -0.2) is 42.1 Å². The largest absolute Gasteiger partial charge is 0.497 e. The number of methoxy groups -OCH3 is 1. The molecule has 1 atom stereocenters. The Balaban J connectivity index is 1.76. The Hall–Kier alpha value is -3.48. The molecular weight excluding hydrogens is 384 g/mol. The standard InChI is InChI=1S/C23H24N2O5/c1-16(26)8-13-23(28)30-15-22(27)25-21(18-9-11-19(29-2)12-10-18)14-20(24-25)17-6-4-3-5-7-17/h3-7,9-12,21H,8,13-15H2,1-2H3/t21-/m0/s1. The molecular formula is C23H24N2O5. The Kier molecular flexibility index (Phi) is 6.95. The first kappa shape index (κ1) is 21.2. The summed E-state index contributed by atoms with van der Waals surface area (Å²) >= 11 is 0. The number of carbonyl (C=O) groups is 3. The number of hydrogen-bond donors (Lipinski definition) is 0. The molecule has 1 heterocycles. The maximum atomic E-state index is 12.8. The van der Waals surface area contributed by atoms with Crippen molar-refractivity contribution in [2.75, 3.05) is 13.7 Å². The van der Waals surface area contributed by atoms with Crippen molar-refractivity contribution in [3.8, 4) is 5.75 Å². The molecule has 0 radical (unpaired) electrons. The second kappa shape index (κ2) is 9.82. The van der Waals surface area contributed by atoms with E-state index in [2.05, 4.69) is 5.10 Å². The molecule has 0 fully saturated rings. The molecule has 0 saturated heterocycles. The summed E-state index contributed by atoms with van der Waals surface area (Å²) in [5, 5.41) is 5.91. The molecule has 0 aliphatic carbocycles. The van der Waals surface area contributed by atoms with Crippen LogP contribution < -0.4 is 4.74 Å². The average molecular weight is 408 g/mol. The van der Waals surface area contributed by atoms with Gasteiger partial charge in [0.25, 0.3) is 5.91 Å². The van der Waals surface area contributed by atoms with Gasteiger partial charge in [-0.1, -0.05) is 42.5 Å². The van der Waals surface area contributed by atoms with E-state index in [0.29, 0.717) is 6.42 Å². The third-order valence-electron chi connectivity index (χ3n) is 4.81. The molecule has 0 N–H and O–H groups in total. The van der Waals surface area contributed by atoms with Crippen LogP contribution in [-0.2, 0) is 19.1 Å². The van der Waals surface area contributed by atoms with Gasteiger partial charge in [0.15, 0.2) is 6.61 Å². The van der Waals surface area contributed by atoms with Gasteiger partial charge in [0.05, 0.1) is 25.3 Å². The van der Waals surface area contributed by atoms with Crippen molar-refractivity contribution in [3.05, 3.63) is 65.7 Å². The number of rotatable bonds is 8. The fraction of sp³-hybridized carbons (Fsp3) is 0.304. The molecule has 156 valence electrons. The summed E-state index contributed by atoms with van der Waals surface area (Å²) in [6, 6.07) is 16.8. The van der Waals surface area contributed by atoms with Gasteiger partial charge in [-0.2, -0.15) is 5.10 Å². The van der Waals surface area contributed by atoms with Crippen LogP contribution in [0, 0.1) is 0 Å². The topological polar surface area (TPSA) is 85.3 Å². The minimum Gasteiger partial charge on any atom is -0.497 e. The number of ether oxygens (including phenoxy) is 2. The summed E-state index contributed by atoms with van der Waals surface area (Å²) in [6.07, 6.45) is 0.602. The van der Waals surface area contributed by atoms with E-state index >= 15 is 0 Å². The highest BCUT2D eigenvalue weighted by molar-refractivity contribution is 6.03. The highest BCUT2D eigenvalue weighted by Crippen LogP contribution is 2.33. The Bertz CT molecular complexity index is 938. The Morgan fingerprint density at radius 2 is 1.73 bits per heavy atom. The van der Waals surface area contributed by atoms with Crippen molar-refractivity contribution >= 4 is 23.4 Å². The van der Waals surface area contributed by atoms with Gasteiger partial charge in [0, 0.05) is 12.8 Å². The maximum Gasteiger partial charge on any atom is 0.306 e. The predicted molar refractivity (Wildman–Crippen MR) is 111 cm³/mol. The summed E-state index contributed by atoms with van der Waals surface area (Å²) in [7, 11) is 1.59. The van der Waals surface area contributed by atoms with Crippen molar-refractivity contribution in [2.24, 2.45) is 5.10 Å². The smallest absolute Gasteiger partial charge is 0.306 e. The first-order valence-electron chi connectivity index (χ1n) is 9.72. The van der Waals surface area contributed by atoms with Gasteiger partial charge in [0.1, 0.15) is 11.5 Å². The van der Waals surface area contributed by atoms with Gasteiger partial charge in [-0.25, -0.2) is 5.01 Å². The molecule has 7 heteroatoms. The van der Waals surface area contributed by atoms with Crippen LogP contribution in [0.25, 0.3) is 0 Å². The number of Topliss-reactive ketones (excluding diaryl/α,β-unsaturated/α-hetero) is 1. The third kappa shape index (κ3) is 5.31. The van der Waals surface area contributed by atoms with E-state index < -0.39 is 18.5 Å². The van der Waals surface area contributed by atoms with Crippen molar-refractivity contribution in [1.82, 2.24) is 5.01 Å². The Morgan fingerprint density at radius 3 is 2.37 bits per heavy atom. The summed E-state index contributed by atoms with van der Waals surface area (Å²) in [5.41, 5.74) is 2.62. The normalized spacial score (nSPS) is 15.5. The monoisotopic (exact) mass is 408 g/mol. The van der Waals surface area contributed by atoms with E-state index in [-0.39, 0.29) is 24.7 Å². The molecule has 0 saturated carbocycles. The van der Waals surface area contributed by atoms with E-state index in [1.165, 1.54) is 11.9 Å². The lowest BCUT2D eigenvalue weighted by Gasteiger charge is -2.22. The lowest BCUT2D eigenvalue weighted by molar-refractivity contribution is -0.153. The lowest BCUT2D eigenvalue weighted by atomic mass is 9.98. The number of amides is 1. The quantitative estimate of drug-likeness (QED) is 0.626. The van der Waals surface area contributed by atoms with Crippen LogP contribution in [0.1, 0.15) is 43.4 Å². The number of nitrogens with zero attached hydrogens (tertiary/aromatic N) is 2. The van der Waals surface area contributed by atoms with Crippen LogP contribution >= 0.6 is 0 Å². The van der Waals surface area contributed by atoms with Crippen LogP contribution in [0.15, 0.2) is 59.7 Å². The summed E-state index contributed by atoms with van der Waals surface area (Å²) in [4.78, 5) is 35.6. The minimum absolute atomic E-state index is 0.0386. The van der Waals surface area contributed by atoms with E-state index in [4.69, 9.17) is 9.47 Å². The van der Waals surface area contributed by atoms with Crippen LogP contribution in [0.2, 0.25) is 0 Å². The molecule has 30 heavy (non-hydrogen) atoms. The van der Waals surface area contributed by atoms with E-state index in [9.17, 15) is 14.4 Å². The van der Waals surface area contributed by atoms with Crippen molar-refractivity contribution < 1.29 is 23.9 Å². The molecule has 1 aliphatic rings. The SMILES string of the molecule is COc1ccc([C@@H]2CC(c3ccccc3)=NN2C(=O)COC(=O)CCC(C)=O)cc1. The number of hydrogen-bond acceptors (Lipinski definition) is 6. The summed E-state index contributed by atoms with van der Waals surface area (Å²) in [5.74, 6) is -0.378. The maximum absolute atomic E-state index is 12.8. The Labute approximate surface area is 175 Å². The fourth-order valence-electron chi connectivity index (χ4n) is 3.19. The van der Waals surface area contributed by atoms with E-state index in [0.717, 1.165) is 22.6 Å².